The van der Waals surface area contributed by atoms with Gasteiger partial charge in [0.05, 0.1) is 0 Å². The zero-order chi connectivity index (χ0) is 24.0. The van der Waals surface area contributed by atoms with Crippen molar-refractivity contribution in [1.82, 2.24) is 15.2 Å². The number of ether oxygens (including phenoxy) is 1. The lowest BCUT2D eigenvalue weighted by atomic mass is 10.00. The van der Waals surface area contributed by atoms with Gasteiger partial charge in [0, 0.05) is 54.9 Å². The van der Waals surface area contributed by atoms with Crippen molar-refractivity contribution in [3.05, 3.63) is 56.5 Å². The van der Waals surface area contributed by atoms with E-state index in [0.717, 1.165) is 55.1 Å². The Morgan fingerprint density at radius 1 is 1.24 bits per heavy atom. The second kappa shape index (κ2) is 11.0. The molecule has 2 heterocycles. The lowest BCUT2D eigenvalue weighted by Gasteiger charge is -2.36. The SMILES string of the molecule is CCN(c1cc(N=[N+]=NC)cc(C(=O)NCc2c(C)cc(C)[nH]c2=O)c1C)C1CCOCC1. The highest BCUT2D eigenvalue weighted by atomic mass is 16.5. The number of carbonyl (C=O) groups is 1. The summed E-state index contributed by atoms with van der Waals surface area (Å²) in [7, 11) is 1.55. The summed E-state index contributed by atoms with van der Waals surface area (Å²) in [6.45, 7) is 10.2. The minimum absolute atomic E-state index is 0.141. The van der Waals surface area contributed by atoms with Crippen LogP contribution in [0, 0.1) is 20.8 Å². The monoisotopic (exact) mass is 453 g/mol. The minimum atomic E-state index is -0.262. The number of nitrogens with one attached hydrogen (secondary N) is 2. The molecule has 0 radical (unpaired) electrons. The maximum Gasteiger partial charge on any atom is 0.253 e. The Hall–Kier alpha value is -3.29. The molecular weight excluding hydrogens is 420 g/mol. The van der Waals surface area contributed by atoms with E-state index in [4.69, 9.17) is 4.74 Å². The summed E-state index contributed by atoms with van der Waals surface area (Å²) >= 11 is 0. The number of anilines is 1. The Kier molecular flexibility index (Phi) is 8.14. The molecule has 1 saturated heterocycles. The van der Waals surface area contributed by atoms with Crippen LogP contribution < -0.4 is 20.7 Å². The zero-order valence-corrected chi connectivity index (χ0v) is 20.1. The average molecular weight is 454 g/mol. The third kappa shape index (κ3) is 5.74. The Morgan fingerprint density at radius 3 is 2.61 bits per heavy atom. The molecule has 9 heteroatoms. The van der Waals surface area contributed by atoms with E-state index in [1.807, 2.05) is 32.9 Å². The lowest BCUT2D eigenvalue weighted by Crippen LogP contribution is -2.40. The molecule has 33 heavy (non-hydrogen) atoms. The van der Waals surface area contributed by atoms with Gasteiger partial charge in [0.2, 0.25) is 4.91 Å². The van der Waals surface area contributed by atoms with Crippen LogP contribution in [0.4, 0.5) is 11.4 Å². The van der Waals surface area contributed by atoms with Gasteiger partial charge in [-0.05, 0) is 69.9 Å². The fourth-order valence-electron chi connectivity index (χ4n) is 4.36. The molecule has 0 saturated carbocycles. The number of rotatable bonds is 7. The molecule has 0 bridgehead atoms. The van der Waals surface area contributed by atoms with E-state index < -0.39 is 0 Å². The first-order chi connectivity index (χ1) is 15.8. The van der Waals surface area contributed by atoms with Crippen molar-refractivity contribution in [2.45, 2.75) is 53.1 Å². The minimum Gasteiger partial charge on any atom is -0.381 e. The van der Waals surface area contributed by atoms with Gasteiger partial charge >= 0.3 is 0 Å². The number of pyridine rings is 1. The number of nitrogens with zero attached hydrogens (tertiary/aromatic N) is 4. The van der Waals surface area contributed by atoms with Gasteiger partial charge in [-0.25, -0.2) is 0 Å². The molecule has 1 aromatic carbocycles. The molecule has 0 atom stereocenters. The Morgan fingerprint density at radius 2 is 1.97 bits per heavy atom. The molecule has 1 aliphatic rings. The van der Waals surface area contributed by atoms with Crippen LogP contribution >= 0.6 is 0 Å². The largest absolute Gasteiger partial charge is 0.381 e. The predicted molar refractivity (Wildman–Crippen MR) is 128 cm³/mol. The van der Waals surface area contributed by atoms with Crippen molar-refractivity contribution in [1.29, 1.82) is 0 Å². The van der Waals surface area contributed by atoms with Crippen molar-refractivity contribution < 1.29 is 9.53 Å². The van der Waals surface area contributed by atoms with E-state index in [0.29, 0.717) is 22.9 Å². The Balaban J connectivity index is 1.96. The van der Waals surface area contributed by atoms with Gasteiger partial charge in [-0.3, -0.25) is 9.59 Å². The van der Waals surface area contributed by atoms with Crippen LogP contribution in [0.25, 0.3) is 0 Å². The van der Waals surface area contributed by atoms with Gasteiger partial charge in [-0.15, -0.1) is 0 Å². The molecule has 9 nitrogen and oxygen atoms in total. The molecule has 1 aliphatic heterocycles. The summed E-state index contributed by atoms with van der Waals surface area (Å²) in [5.74, 6) is -0.262. The van der Waals surface area contributed by atoms with Gasteiger partial charge < -0.3 is 19.9 Å². The number of aromatic amines is 1. The molecule has 0 spiro atoms. The van der Waals surface area contributed by atoms with E-state index in [-0.39, 0.29) is 18.0 Å². The number of hydrogen-bond donors (Lipinski definition) is 2. The third-order valence-electron chi connectivity index (χ3n) is 6.06. The maximum atomic E-state index is 13.2. The van der Waals surface area contributed by atoms with Gasteiger partial charge in [0.15, 0.2) is 10.8 Å². The summed E-state index contributed by atoms with van der Waals surface area (Å²) < 4.78 is 5.54. The molecule has 1 amide bonds. The molecule has 176 valence electrons. The van der Waals surface area contributed by atoms with Gasteiger partial charge in [0.25, 0.3) is 11.5 Å². The molecule has 0 aliphatic carbocycles. The van der Waals surface area contributed by atoms with Crippen LogP contribution in [0.15, 0.2) is 33.2 Å². The van der Waals surface area contributed by atoms with E-state index in [9.17, 15) is 9.59 Å². The quantitative estimate of drug-likeness (QED) is 0.494. The average Bonchev–Trinajstić information content (AvgIpc) is 2.79. The van der Waals surface area contributed by atoms with Crippen LogP contribution in [-0.2, 0) is 11.3 Å². The van der Waals surface area contributed by atoms with Crippen LogP contribution in [0.3, 0.4) is 0 Å². The summed E-state index contributed by atoms with van der Waals surface area (Å²) in [5, 5.41) is 10.8. The van der Waals surface area contributed by atoms with Gasteiger partial charge in [-0.2, -0.15) is 0 Å². The van der Waals surface area contributed by atoms with Crippen LogP contribution in [0.5, 0.6) is 0 Å². The van der Waals surface area contributed by atoms with Crippen molar-refractivity contribution >= 4 is 17.3 Å². The normalized spacial score (nSPS) is 13.8. The second-order valence-electron chi connectivity index (χ2n) is 8.28. The van der Waals surface area contributed by atoms with Crippen LogP contribution in [0.2, 0.25) is 0 Å². The standard InChI is InChI=1S/C24H32N6O3/c1-6-30(19-7-9-33-10-8-19)22-13-18(28-29-25-5)12-20(17(22)4)23(31)26-14-21-15(2)11-16(3)27-24(21)32/h11-13,19H,6-10,14H2,1-5H3,(H-,26,27,31,32)/p+1. The van der Waals surface area contributed by atoms with Crippen molar-refractivity contribution in [3.8, 4) is 0 Å². The Labute approximate surface area is 194 Å². The predicted octanol–water partition coefficient (Wildman–Crippen LogP) is 3.47. The van der Waals surface area contributed by atoms with Crippen LogP contribution in [-0.4, -0.2) is 43.7 Å². The van der Waals surface area contributed by atoms with Crippen molar-refractivity contribution in [3.63, 3.8) is 0 Å². The van der Waals surface area contributed by atoms with Crippen molar-refractivity contribution in [2.24, 2.45) is 10.2 Å². The number of aryl methyl sites for hydroxylation is 2. The summed E-state index contributed by atoms with van der Waals surface area (Å²) in [6.07, 6.45) is 1.86. The number of carbonyl (C=O) groups excluding carboxylic acids is 1. The fourth-order valence-corrected chi connectivity index (χ4v) is 4.36. The summed E-state index contributed by atoms with van der Waals surface area (Å²) in [5.41, 5.74) is 4.87. The molecule has 2 N–H and O–H groups in total. The number of amides is 1. The number of benzene rings is 1. The first-order valence-electron chi connectivity index (χ1n) is 11.3. The number of aromatic nitrogens is 1. The van der Waals surface area contributed by atoms with E-state index in [1.165, 1.54) is 0 Å². The maximum absolute atomic E-state index is 13.2. The molecule has 1 aromatic heterocycles. The van der Waals surface area contributed by atoms with E-state index >= 15 is 0 Å². The molecule has 2 aromatic rings. The first-order valence-corrected chi connectivity index (χ1v) is 11.3. The van der Waals surface area contributed by atoms with Crippen molar-refractivity contribution in [2.75, 3.05) is 31.7 Å². The fraction of sp³-hybridized carbons (Fsp3) is 0.500. The summed E-state index contributed by atoms with van der Waals surface area (Å²) in [6, 6.07) is 5.89. The number of hydrogen-bond acceptors (Lipinski definition) is 6. The van der Waals surface area contributed by atoms with E-state index in [1.54, 1.807) is 13.1 Å². The third-order valence-corrected chi connectivity index (χ3v) is 6.06. The molecule has 1 fully saturated rings. The second-order valence-corrected chi connectivity index (χ2v) is 8.28. The Bertz CT molecular complexity index is 1130. The van der Waals surface area contributed by atoms with Crippen LogP contribution in [0.1, 0.15) is 52.5 Å². The van der Waals surface area contributed by atoms with E-state index in [2.05, 4.69) is 37.3 Å². The lowest BCUT2D eigenvalue weighted by molar-refractivity contribution is 0.0846. The van der Waals surface area contributed by atoms with Gasteiger partial charge in [-0.1, -0.05) is 0 Å². The molecule has 0 unspecified atom stereocenters. The highest BCUT2D eigenvalue weighted by molar-refractivity contribution is 5.98. The molecular formula is C24H33N6O3+. The highest BCUT2D eigenvalue weighted by Crippen LogP contribution is 2.32. The summed E-state index contributed by atoms with van der Waals surface area (Å²) in [4.78, 5) is 34.5. The smallest absolute Gasteiger partial charge is 0.253 e. The number of H-pyrrole nitrogens is 1. The zero-order valence-electron chi connectivity index (χ0n) is 20.1. The highest BCUT2D eigenvalue weighted by Gasteiger charge is 2.25. The molecule has 3 rings (SSSR count). The van der Waals surface area contributed by atoms with Gasteiger partial charge in [0.1, 0.15) is 12.2 Å². The topological polar surface area (TPSA) is 113 Å². The first kappa shape index (κ1) is 24.4.